The van der Waals surface area contributed by atoms with Gasteiger partial charge in [0.2, 0.25) is 0 Å². The highest BCUT2D eigenvalue weighted by atomic mass is 32.2. The van der Waals surface area contributed by atoms with Gasteiger partial charge in [0.15, 0.2) is 9.84 Å². The first-order valence-electron chi connectivity index (χ1n) is 6.17. The normalized spacial score (nSPS) is 31.2. The van der Waals surface area contributed by atoms with Gasteiger partial charge in [0.25, 0.3) is 0 Å². The monoisotopic (exact) mass is 271 g/mol. The summed E-state index contributed by atoms with van der Waals surface area (Å²) in [6.45, 7) is 3.63. The average molecular weight is 271 g/mol. The van der Waals surface area contributed by atoms with Crippen molar-refractivity contribution in [2.75, 3.05) is 5.75 Å². The Balaban J connectivity index is 2.36. The molecule has 18 heavy (non-hydrogen) atoms. The summed E-state index contributed by atoms with van der Waals surface area (Å²) >= 11 is 0. The Morgan fingerprint density at radius 2 is 2.17 bits per heavy atom. The van der Waals surface area contributed by atoms with E-state index in [-0.39, 0.29) is 23.7 Å². The van der Waals surface area contributed by atoms with Gasteiger partial charge in [0, 0.05) is 12.1 Å². The van der Waals surface area contributed by atoms with Crippen LogP contribution < -0.4 is 5.32 Å². The fourth-order valence-corrected chi connectivity index (χ4v) is 4.23. The molecule has 0 aromatic heterocycles. The quantitative estimate of drug-likeness (QED) is 0.895. The lowest BCUT2D eigenvalue weighted by Gasteiger charge is -2.35. The van der Waals surface area contributed by atoms with E-state index in [1.807, 2.05) is 6.92 Å². The van der Waals surface area contributed by atoms with Crippen LogP contribution in [0.5, 0.6) is 0 Å². The molecule has 0 aliphatic carbocycles. The van der Waals surface area contributed by atoms with Gasteiger partial charge in [-0.15, -0.1) is 0 Å². The van der Waals surface area contributed by atoms with E-state index in [1.165, 1.54) is 12.1 Å². The Bertz CT molecular complexity index is 530. The van der Waals surface area contributed by atoms with E-state index in [1.54, 1.807) is 19.1 Å². The Morgan fingerprint density at radius 3 is 2.78 bits per heavy atom. The summed E-state index contributed by atoms with van der Waals surface area (Å²) in [7, 11) is -3.12. The van der Waals surface area contributed by atoms with Crippen LogP contribution in [-0.2, 0) is 9.84 Å². The molecule has 100 valence electrons. The average Bonchev–Trinajstić information content (AvgIpc) is 2.32. The van der Waals surface area contributed by atoms with Crippen LogP contribution in [-0.4, -0.2) is 25.5 Å². The highest BCUT2D eigenvalue weighted by Gasteiger charge is 2.38. The van der Waals surface area contributed by atoms with Crippen LogP contribution in [0.4, 0.5) is 4.39 Å². The maximum atomic E-state index is 13.2. The van der Waals surface area contributed by atoms with Crippen LogP contribution in [0, 0.1) is 5.82 Å². The summed E-state index contributed by atoms with van der Waals surface area (Å²) in [5, 5.41) is 2.78. The van der Waals surface area contributed by atoms with Crippen molar-refractivity contribution in [2.24, 2.45) is 0 Å². The van der Waals surface area contributed by atoms with Crippen molar-refractivity contribution < 1.29 is 12.8 Å². The molecule has 0 saturated carbocycles. The van der Waals surface area contributed by atoms with Crippen molar-refractivity contribution in [3.8, 4) is 0 Å². The molecule has 1 aliphatic rings. The second-order valence-corrected chi connectivity index (χ2v) is 7.24. The minimum atomic E-state index is -3.12. The summed E-state index contributed by atoms with van der Waals surface area (Å²) in [4.78, 5) is 0. The van der Waals surface area contributed by atoms with Gasteiger partial charge in [0.1, 0.15) is 5.82 Å². The van der Waals surface area contributed by atoms with Crippen molar-refractivity contribution in [3.05, 3.63) is 35.6 Å². The van der Waals surface area contributed by atoms with Crippen LogP contribution in [0.3, 0.4) is 0 Å². The van der Waals surface area contributed by atoms with Gasteiger partial charge in [-0.3, -0.25) is 0 Å². The first-order valence-corrected chi connectivity index (χ1v) is 7.88. The maximum absolute atomic E-state index is 13.2. The number of nitrogens with one attached hydrogen (secondary N) is 1. The van der Waals surface area contributed by atoms with Crippen molar-refractivity contribution in [1.82, 2.24) is 5.32 Å². The topological polar surface area (TPSA) is 46.2 Å². The summed E-state index contributed by atoms with van der Waals surface area (Å²) in [6.07, 6.45) is 0.748. The molecule has 0 bridgehead atoms. The summed E-state index contributed by atoms with van der Waals surface area (Å²) in [5.41, 5.74) is 0.698. The van der Waals surface area contributed by atoms with E-state index in [9.17, 15) is 12.8 Å². The molecule has 1 aromatic rings. The fraction of sp³-hybridized carbons (Fsp3) is 0.538. The third-order valence-corrected chi connectivity index (χ3v) is 5.86. The van der Waals surface area contributed by atoms with E-state index >= 15 is 0 Å². The van der Waals surface area contributed by atoms with Crippen LogP contribution >= 0.6 is 0 Å². The molecule has 0 amide bonds. The zero-order valence-electron chi connectivity index (χ0n) is 10.6. The molecular weight excluding hydrogens is 253 g/mol. The molecular formula is C13H18FNO2S. The van der Waals surface area contributed by atoms with E-state index < -0.39 is 15.1 Å². The van der Waals surface area contributed by atoms with E-state index in [4.69, 9.17) is 0 Å². The molecule has 1 aliphatic heterocycles. The second kappa shape index (κ2) is 4.97. The zero-order chi connectivity index (χ0) is 13.3. The summed E-state index contributed by atoms with van der Waals surface area (Å²) < 4.78 is 37.4. The Hall–Kier alpha value is -0.940. The lowest BCUT2D eigenvalue weighted by atomic mass is 10.0. The smallest absolute Gasteiger partial charge is 0.156 e. The predicted octanol–water partition coefficient (Wildman–Crippen LogP) is 2.05. The second-order valence-electron chi connectivity index (χ2n) is 4.84. The van der Waals surface area contributed by atoms with Gasteiger partial charge in [-0.25, -0.2) is 12.8 Å². The van der Waals surface area contributed by atoms with Crippen LogP contribution in [0.2, 0.25) is 0 Å². The Morgan fingerprint density at radius 1 is 1.44 bits per heavy atom. The van der Waals surface area contributed by atoms with Gasteiger partial charge in [-0.2, -0.15) is 0 Å². The number of halogens is 1. The SMILES string of the molecule is CCC1CS(=O)(=O)C(C)C(c2cccc(F)c2)N1. The van der Waals surface area contributed by atoms with Crippen LogP contribution in [0.15, 0.2) is 24.3 Å². The molecule has 0 spiro atoms. The standard InChI is InChI=1S/C13H18FNO2S/c1-3-12-8-18(16,17)9(2)13(15-12)10-5-4-6-11(14)7-10/h4-7,9,12-13,15H,3,8H2,1-2H3. The predicted molar refractivity (Wildman–Crippen MR) is 69.6 cm³/mol. The number of rotatable bonds is 2. The summed E-state index contributed by atoms with van der Waals surface area (Å²) in [6, 6.07) is 5.76. The number of hydrogen-bond donors (Lipinski definition) is 1. The number of sulfone groups is 1. The van der Waals surface area contributed by atoms with Crippen molar-refractivity contribution in [1.29, 1.82) is 0 Å². The molecule has 1 heterocycles. The maximum Gasteiger partial charge on any atom is 0.156 e. The van der Waals surface area contributed by atoms with E-state index in [0.29, 0.717) is 5.56 Å². The van der Waals surface area contributed by atoms with Gasteiger partial charge in [0.05, 0.1) is 11.0 Å². The van der Waals surface area contributed by atoms with Crippen LogP contribution in [0.1, 0.15) is 31.9 Å². The largest absolute Gasteiger partial charge is 0.305 e. The lowest BCUT2D eigenvalue weighted by Crippen LogP contribution is -2.51. The molecule has 3 unspecified atom stereocenters. The Kier molecular flexibility index (Phi) is 3.73. The van der Waals surface area contributed by atoms with Crippen molar-refractivity contribution in [3.63, 3.8) is 0 Å². The molecule has 5 heteroatoms. The van der Waals surface area contributed by atoms with Gasteiger partial charge >= 0.3 is 0 Å². The number of hydrogen-bond acceptors (Lipinski definition) is 3. The minimum Gasteiger partial charge on any atom is -0.305 e. The molecule has 3 nitrogen and oxygen atoms in total. The zero-order valence-corrected chi connectivity index (χ0v) is 11.4. The van der Waals surface area contributed by atoms with E-state index in [2.05, 4.69) is 5.32 Å². The Labute approximate surface area is 107 Å². The highest BCUT2D eigenvalue weighted by Crippen LogP contribution is 2.28. The fourth-order valence-electron chi connectivity index (χ4n) is 2.38. The third kappa shape index (κ3) is 2.57. The lowest BCUT2D eigenvalue weighted by molar-refractivity contribution is 0.403. The molecule has 1 fully saturated rings. The summed E-state index contributed by atoms with van der Waals surface area (Å²) in [5.74, 6) is -0.172. The molecule has 2 rings (SSSR count). The first-order chi connectivity index (χ1) is 8.44. The number of benzene rings is 1. The van der Waals surface area contributed by atoms with Crippen molar-refractivity contribution >= 4 is 9.84 Å². The molecule has 1 N–H and O–H groups in total. The molecule has 0 radical (unpaired) electrons. The van der Waals surface area contributed by atoms with Gasteiger partial charge < -0.3 is 5.32 Å². The first kappa shape index (κ1) is 13.5. The van der Waals surface area contributed by atoms with Crippen LogP contribution in [0.25, 0.3) is 0 Å². The highest BCUT2D eigenvalue weighted by molar-refractivity contribution is 7.92. The third-order valence-electron chi connectivity index (χ3n) is 3.59. The molecule has 1 aromatic carbocycles. The minimum absolute atomic E-state index is 0.0560. The van der Waals surface area contributed by atoms with E-state index in [0.717, 1.165) is 6.42 Å². The van der Waals surface area contributed by atoms with Gasteiger partial charge in [-0.1, -0.05) is 19.1 Å². The van der Waals surface area contributed by atoms with Crippen molar-refractivity contribution in [2.45, 2.75) is 37.6 Å². The molecule has 1 saturated heterocycles. The van der Waals surface area contributed by atoms with Gasteiger partial charge in [-0.05, 0) is 31.0 Å². The molecule has 3 atom stereocenters.